The Morgan fingerprint density at radius 2 is 1.72 bits per heavy atom. The molecule has 3 heteroatoms. The van der Waals surface area contributed by atoms with Crippen molar-refractivity contribution in [2.45, 2.75) is 44.6 Å². The molecule has 0 radical (unpaired) electrons. The SMILES string of the molecule is COc1cc(C2(N)CCC2)c(OC)cc1C(C)C. The van der Waals surface area contributed by atoms with Crippen molar-refractivity contribution >= 4 is 0 Å². The van der Waals surface area contributed by atoms with Crippen LogP contribution in [0.5, 0.6) is 11.5 Å². The average molecular weight is 249 g/mol. The summed E-state index contributed by atoms with van der Waals surface area (Å²) in [6.07, 6.45) is 3.23. The number of nitrogens with two attached hydrogens (primary N) is 1. The highest BCUT2D eigenvalue weighted by Crippen LogP contribution is 2.45. The molecule has 1 aliphatic rings. The summed E-state index contributed by atoms with van der Waals surface area (Å²) in [5, 5.41) is 0. The van der Waals surface area contributed by atoms with Gasteiger partial charge in [0.2, 0.25) is 0 Å². The van der Waals surface area contributed by atoms with E-state index in [1.165, 1.54) is 12.0 Å². The molecule has 0 atom stereocenters. The number of hydrogen-bond donors (Lipinski definition) is 1. The van der Waals surface area contributed by atoms with Gasteiger partial charge in [-0.3, -0.25) is 0 Å². The molecule has 0 aliphatic heterocycles. The van der Waals surface area contributed by atoms with Crippen LogP contribution in [0.15, 0.2) is 12.1 Å². The van der Waals surface area contributed by atoms with Gasteiger partial charge < -0.3 is 15.2 Å². The zero-order valence-corrected chi connectivity index (χ0v) is 11.7. The molecule has 100 valence electrons. The molecule has 1 aromatic rings. The molecule has 1 aromatic carbocycles. The summed E-state index contributed by atoms with van der Waals surface area (Å²) in [6.45, 7) is 4.30. The Labute approximate surface area is 109 Å². The predicted octanol–water partition coefficient (Wildman–Crippen LogP) is 3.17. The molecule has 0 bridgehead atoms. The smallest absolute Gasteiger partial charge is 0.124 e. The Balaban J connectivity index is 2.52. The summed E-state index contributed by atoms with van der Waals surface area (Å²) in [7, 11) is 3.42. The standard InChI is InChI=1S/C15H23NO2/c1-10(2)11-8-14(18-4)12(9-13(11)17-3)15(16)6-5-7-15/h8-10H,5-7,16H2,1-4H3. The molecule has 18 heavy (non-hydrogen) atoms. The maximum Gasteiger partial charge on any atom is 0.124 e. The van der Waals surface area contributed by atoms with Crippen molar-refractivity contribution in [3.63, 3.8) is 0 Å². The van der Waals surface area contributed by atoms with Crippen LogP contribution in [-0.4, -0.2) is 14.2 Å². The van der Waals surface area contributed by atoms with Crippen molar-refractivity contribution in [2.75, 3.05) is 14.2 Å². The van der Waals surface area contributed by atoms with Gasteiger partial charge in [-0.25, -0.2) is 0 Å². The van der Waals surface area contributed by atoms with E-state index in [4.69, 9.17) is 15.2 Å². The number of methoxy groups -OCH3 is 2. The molecule has 0 saturated heterocycles. The second kappa shape index (κ2) is 4.81. The van der Waals surface area contributed by atoms with Crippen LogP contribution in [-0.2, 0) is 5.54 Å². The summed E-state index contributed by atoms with van der Waals surface area (Å²) in [5.74, 6) is 2.21. The predicted molar refractivity (Wildman–Crippen MR) is 73.4 cm³/mol. The highest BCUT2D eigenvalue weighted by Gasteiger charge is 2.37. The largest absolute Gasteiger partial charge is 0.496 e. The first-order valence-corrected chi connectivity index (χ1v) is 6.57. The van der Waals surface area contributed by atoms with E-state index in [1.54, 1.807) is 14.2 Å². The lowest BCUT2D eigenvalue weighted by Crippen LogP contribution is -2.43. The summed E-state index contributed by atoms with van der Waals surface area (Å²) in [5.41, 5.74) is 8.44. The van der Waals surface area contributed by atoms with Crippen molar-refractivity contribution in [1.29, 1.82) is 0 Å². The Hall–Kier alpha value is -1.22. The van der Waals surface area contributed by atoms with Crippen LogP contribution < -0.4 is 15.2 Å². The minimum Gasteiger partial charge on any atom is -0.496 e. The Bertz CT molecular complexity index is 436. The van der Waals surface area contributed by atoms with Crippen molar-refractivity contribution in [3.05, 3.63) is 23.3 Å². The Morgan fingerprint density at radius 1 is 1.11 bits per heavy atom. The van der Waals surface area contributed by atoms with Crippen molar-refractivity contribution in [3.8, 4) is 11.5 Å². The van der Waals surface area contributed by atoms with Crippen LogP contribution in [0.4, 0.5) is 0 Å². The molecule has 2 N–H and O–H groups in total. The maximum absolute atomic E-state index is 6.41. The van der Waals surface area contributed by atoms with Crippen LogP contribution in [0.2, 0.25) is 0 Å². The highest BCUT2D eigenvalue weighted by atomic mass is 16.5. The highest BCUT2D eigenvalue weighted by molar-refractivity contribution is 5.51. The van der Waals surface area contributed by atoms with Crippen LogP contribution >= 0.6 is 0 Å². The van der Waals surface area contributed by atoms with Gasteiger partial charge >= 0.3 is 0 Å². The van der Waals surface area contributed by atoms with Gasteiger partial charge in [0.05, 0.1) is 14.2 Å². The number of rotatable bonds is 4. The summed E-state index contributed by atoms with van der Waals surface area (Å²) < 4.78 is 11.0. The van der Waals surface area contributed by atoms with Crippen molar-refractivity contribution in [2.24, 2.45) is 5.73 Å². The number of ether oxygens (including phenoxy) is 2. The normalized spacial score (nSPS) is 17.4. The second-order valence-corrected chi connectivity index (χ2v) is 5.46. The van der Waals surface area contributed by atoms with Gasteiger partial charge in [0.25, 0.3) is 0 Å². The third-order valence-electron chi connectivity index (χ3n) is 3.96. The van der Waals surface area contributed by atoms with Crippen molar-refractivity contribution in [1.82, 2.24) is 0 Å². The molecular formula is C15H23NO2. The van der Waals surface area contributed by atoms with Crippen molar-refractivity contribution < 1.29 is 9.47 Å². The van der Waals surface area contributed by atoms with E-state index >= 15 is 0 Å². The summed E-state index contributed by atoms with van der Waals surface area (Å²) >= 11 is 0. The van der Waals surface area contributed by atoms with Crippen LogP contribution in [0.1, 0.15) is 50.2 Å². The molecule has 1 saturated carbocycles. The van der Waals surface area contributed by atoms with E-state index in [1.807, 2.05) is 0 Å². The fourth-order valence-corrected chi connectivity index (χ4v) is 2.59. The summed E-state index contributed by atoms with van der Waals surface area (Å²) in [4.78, 5) is 0. The zero-order valence-electron chi connectivity index (χ0n) is 11.7. The van der Waals surface area contributed by atoms with Gasteiger partial charge in [0, 0.05) is 16.7 Å². The molecule has 0 unspecified atom stereocenters. The van der Waals surface area contributed by atoms with Gasteiger partial charge in [-0.15, -0.1) is 0 Å². The van der Waals surface area contributed by atoms with Gasteiger partial charge in [0.15, 0.2) is 0 Å². The fourth-order valence-electron chi connectivity index (χ4n) is 2.59. The quantitative estimate of drug-likeness (QED) is 0.891. The second-order valence-electron chi connectivity index (χ2n) is 5.46. The van der Waals surface area contributed by atoms with Crippen LogP contribution in [0, 0.1) is 0 Å². The van der Waals surface area contributed by atoms with E-state index in [2.05, 4.69) is 26.0 Å². The first-order chi connectivity index (χ1) is 8.51. The minimum atomic E-state index is -0.228. The molecule has 0 amide bonds. The first-order valence-electron chi connectivity index (χ1n) is 6.57. The third-order valence-corrected chi connectivity index (χ3v) is 3.96. The van der Waals surface area contributed by atoms with E-state index in [9.17, 15) is 0 Å². The van der Waals surface area contributed by atoms with E-state index in [0.29, 0.717) is 5.92 Å². The molecule has 1 aliphatic carbocycles. The summed E-state index contributed by atoms with van der Waals surface area (Å²) in [6, 6.07) is 4.14. The van der Waals surface area contributed by atoms with Gasteiger partial charge in [-0.1, -0.05) is 13.8 Å². The average Bonchev–Trinajstić information content (AvgIpc) is 2.34. The van der Waals surface area contributed by atoms with Crippen LogP contribution in [0.25, 0.3) is 0 Å². The lowest BCUT2D eigenvalue weighted by molar-refractivity contribution is 0.242. The van der Waals surface area contributed by atoms with Gasteiger partial charge in [-0.2, -0.15) is 0 Å². The first kappa shape index (κ1) is 13.2. The molecular weight excluding hydrogens is 226 g/mol. The molecule has 0 aromatic heterocycles. The molecule has 1 fully saturated rings. The van der Waals surface area contributed by atoms with E-state index in [-0.39, 0.29) is 5.54 Å². The molecule has 0 spiro atoms. The van der Waals surface area contributed by atoms with E-state index in [0.717, 1.165) is 29.9 Å². The third kappa shape index (κ3) is 2.07. The van der Waals surface area contributed by atoms with E-state index < -0.39 is 0 Å². The topological polar surface area (TPSA) is 44.5 Å². The molecule has 0 heterocycles. The van der Waals surface area contributed by atoms with Gasteiger partial charge in [-0.05, 0) is 37.3 Å². The van der Waals surface area contributed by atoms with Crippen LogP contribution in [0.3, 0.4) is 0 Å². The molecule has 2 rings (SSSR count). The lowest BCUT2D eigenvalue weighted by Gasteiger charge is -2.39. The number of hydrogen-bond acceptors (Lipinski definition) is 3. The fraction of sp³-hybridized carbons (Fsp3) is 0.600. The zero-order chi connectivity index (χ0) is 13.3. The Morgan fingerprint density at radius 3 is 2.11 bits per heavy atom. The van der Waals surface area contributed by atoms with Gasteiger partial charge in [0.1, 0.15) is 11.5 Å². The minimum absolute atomic E-state index is 0.228. The molecule has 3 nitrogen and oxygen atoms in total. The monoisotopic (exact) mass is 249 g/mol. The Kier molecular flexibility index (Phi) is 3.53. The number of benzene rings is 1. The maximum atomic E-state index is 6.41. The lowest BCUT2D eigenvalue weighted by atomic mass is 9.72.